The Bertz CT molecular complexity index is 393. The van der Waals surface area contributed by atoms with Crippen molar-refractivity contribution in [1.82, 2.24) is 5.32 Å². The van der Waals surface area contributed by atoms with Gasteiger partial charge in [0, 0.05) is 12.1 Å². The fourth-order valence-corrected chi connectivity index (χ4v) is 2.02. The zero-order chi connectivity index (χ0) is 14.3. The Kier molecular flexibility index (Phi) is 6.43. The van der Waals surface area contributed by atoms with E-state index in [4.69, 9.17) is 9.47 Å². The molecule has 3 nitrogen and oxygen atoms in total. The minimum Gasteiger partial charge on any atom is -0.497 e. The molecular formula is C16H25NO2. The monoisotopic (exact) mass is 263 g/mol. The van der Waals surface area contributed by atoms with Crippen molar-refractivity contribution < 1.29 is 9.47 Å². The Morgan fingerprint density at radius 1 is 1.16 bits per heavy atom. The maximum absolute atomic E-state index is 5.33. The van der Waals surface area contributed by atoms with Crippen LogP contribution in [0.3, 0.4) is 0 Å². The first-order chi connectivity index (χ1) is 9.14. The third-order valence-electron chi connectivity index (χ3n) is 3.22. The average Bonchev–Trinajstić information content (AvgIpc) is 2.45. The largest absolute Gasteiger partial charge is 0.497 e. The second kappa shape index (κ2) is 7.85. The van der Waals surface area contributed by atoms with E-state index in [0.717, 1.165) is 30.9 Å². The molecule has 1 aromatic rings. The number of nitrogens with one attached hydrogen (secondary N) is 1. The van der Waals surface area contributed by atoms with E-state index in [1.165, 1.54) is 11.1 Å². The van der Waals surface area contributed by atoms with Crippen molar-refractivity contribution in [3.8, 4) is 11.5 Å². The molecule has 1 N–H and O–H groups in total. The molecule has 0 saturated carbocycles. The lowest BCUT2D eigenvalue weighted by atomic mass is 9.98. The van der Waals surface area contributed by atoms with Crippen LogP contribution in [0.15, 0.2) is 30.4 Å². The van der Waals surface area contributed by atoms with Gasteiger partial charge in [-0.05, 0) is 37.1 Å². The van der Waals surface area contributed by atoms with Gasteiger partial charge in [0.25, 0.3) is 0 Å². The van der Waals surface area contributed by atoms with E-state index in [1.54, 1.807) is 14.2 Å². The Balaban J connectivity index is 3.02. The lowest BCUT2D eigenvalue weighted by Crippen LogP contribution is -2.21. The summed E-state index contributed by atoms with van der Waals surface area (Å²) in [5, 5.41) is 3.49. The van der Waals surface area contributed by atoms with E-state index in [1.807, 2.05) is 6.07 Å². The first kappa shape index (κ1) is 15.6. The predicted octanol–water partition coefficient (Wildman–Crippen LogP) is 3.71. The molecule has 0 saturated heterocycles. The third-order valence-corrected chi connectivity index (χ3v) is 3.22. The van der Waals surface area contributed by atoms with Crippen molar-refractivity contribution in [3.05, 3.63) is 35.9 Å². The van der Waals surface area contributed by atoms with Gasteiger partial charge in [-0.3, -0.25) is 0 Å². The number of rotatable bonds is 8. The summed E-state index contributed by atoms with van der Waals surface area (Å²) in [7, 11) is 3.34. The van der Waals surface area contributed by atoms with Crippen molar-refractivity contribution in [1.29, 1.82) is 0 Å². The van der Waals surface area contributed by atoms with E-state index in [2.05, 4.69) is 37.9 Å². The van der Waals surface area contributed by atoms with Crippen LogP contribution in [0.2, 0.25) is 0 Å². The second-order valence-corrected chi connectivity index (χ2v) is 4.56. The van der Waals surface area contributed by atoms with E-state index >= 15 is 0 Å². The molecule has 1 rings (SSSR count). The van der Waals surface area contributed by atoms with Gasteiger partial charge in [0.1, 0.15) is 11.5 Å². The molecule has 1 unspecified atom stereocenters. The predicted molar refractivity (Wildman–Crippen MR) is 80.0 cm³/mol. The Morgan fingerprint density at radius 3 is 2.16 bits per heavy atom. The molecule has 0 spiro atoms. The van der Waals surface area contributed by atoms with Crippen LogP contribution in [-0.2, 0) is 0 Å². The van der Waals surface area contributed by atoms with Crippen molar-refractivity contribution in [2.24, 2.45) is 0 Å². The van der Waals surface area contributed by atoms with Crippen LogP contribution < -0.4 is 14.8 Å². The van der Waals surface area contributed by atoms with Crippen LogP contribution in [0, 0.1) is 0 Å². The van der Waals surface area contributed by atoms with Crippen LogP contribution in [0.5, 0.6) is 11.5 Å². The standard InChI is InChI=1S/C16H25NO2/c1-6-12(3)8-16(17-7-2)13-9-14(18-4)11-15(10-13)19-5/h9-11,16-17H,3,6-8H2,1-2,4-5H3. The number of benzene rings is 1. The molecule has 0 aliphatic heterocycles. The van der Waals surface area contributed by atoms with Crippen LogP contribution >= 0.6 is 0 Å². The second-order valence-electron chi connectivity index (χ2n) is 4.56. The summed E-state index contributed by atoms with van der Waals surface area (Å²) in [5.41, 5.74) is 2.42. The van der Waals surface area contributed by atoms with Gasteiger partial charge in [0.05, 0.1) is 14.2 Å². The maximum atomic E-state index is 5.33. The van der Waals surface area contributed by atoms with Crippen molar-refractivity contribution in [2.45, 2.75) is 32.7 Å². The molecule has 1 aromatic carbocycles. The number of ether oxygens (including phenoxy) is 2. The maximum Gasteiger partial charge on any atom is 0.122 e. The smallest absolute Gasteiger partial charge is 0.122 e. The van der Waals surface area contributed by atoms with Gasteiger partial charge in [-0.2, -0.15) is 0 Å². The molecule has 0 bridgehead atoms. The van der Waals surface area contributed by atoms with Gasteiger partial charge >= 0.3 is 0 Å². The first-order valence-corrected chi connectivity index (χ1v) is 6.77. The minimum absolute atomic E-state index is 0.251. The van der Waals surface area contributed by atoms with Crippen LogP contribution in [0.25, 0.3) is 0 Å². The zero-order valence-corrected chi connectivity index (χ0v) is 12.5. The topological polar surface area (TPSA) is 30.5 Å². The lowest BCUT2D eigenvalue weighted by molar-refractivity contribution is 0.391. The highest BCUT2D eigenvalue weighted by atomic mass is 16.5. The molecule has 1 atom stereocenters. The Morgan fingerprint density at radius 2 is 1.74 bits per heavy atom. The highest BCUT2D eigenvalue weighted by Crippen LogP contribution is 2.29. The molecule has 0 aliphatic carbocycles. The van der Waals surface area contributed by atoms with E-state index in [0.29, 0.717) is 0 Å². The van der Waals surface area contributed by atoms with Crippen LogP contribution in [-0.4, -0.2) is 20.8 Å². The van der Waals surface area contributed by atoms with Gasteiger partial charge in [0.15, 0.2) is 0 Å². The van der Waals surface area contributed by atoms with Crippen molar-refractivity contribution in [2.75, 3.05) is 20.8 Å². The van der Waals surface area contributed by atoms with E-state index in [9.17, 15) is 0 Å². The lowest BCUT2D eigenvalue weighted by Gasteiger charge is -2.20. The normalized spacial score (nSPS) is 12.0. The summed E-state index contributed by atoms with van der Waals surface area (Å²) >= 11 is 0. The zero-order valence-electron chi connectivity index (χ0n) is 12.5. The average molecular weight is 263 g/mol. The summed E-state index contributed by atoms with van der Waals surface area (Å²) < 4.78 is 10.7. The molecule has 0 fully saturated rings. The Hall–Kier alpha value is -1.48. The van der Waals surface area contributed by atoms with Gasteiger partial charge in [0.2, 0.25) is 0 Å². The summed E-state index contributed by atoms with van der Waals surface area (Å²) in [5.74, 6) is 1.64. The number of methoxy groups -OCH3 is 2. The summed E-state index contributed by atoms with van der Waals surface area (Å²) in [4.78, 5) is 0. The quantitative estimate of drug-likeness (QED) is 0.725. The van der Waals surface area contributed by atoms with Crippen molar-refractivity contribution in [3.63, 3.8) is 0 Å². The fourth-order valence-electron chi connectivity index (χ4n) is 2.02. The summed E-state index contributed by atoms with van der Waals surface area (Å²) in [6.07, 6.45) is 1.93. The van der Waals surface area contributed by atoms with Crippen LogP contribution in [0.4, 0.5) is 0 Å². The molecule has 0 aromatic heterocycles. The highest BCUT2D eigenvalue weighted by molar-refractivity contribution is 5.40. The first-order valence-electron chi connectivity index (χ1n) is 6.77. The van der Waals surface area contributed by atoms with E-state index < -0.39 is 0 Å². The van der Waals surface area contributed by atoms with Crippen molar-refractivity contribution >= 4 is 0 Å². The highest BCUT2D eigenvalue weighted by Gasteiger charge is 2.13. The summed E-state index contributed by atoms with van der Waals surface area (Å²) in [6, 6.07) is 6.25. The van der Waals surface area contributed by atoms with Gasteiger partial charge in [-0.1, -0.05) is 26.0 Å². The number of hydrogen-bond donors (Lipinski definition) is 1. The SMILES string of the molecule is C=C(CC)CC(NCC)c1cc(OC)cc(OC)c1. The van der Waals surface area contributed by atoms with Crippen LogP contribution in [0.1, 0.15) is 38.3 Å². The fraction of sp³-hybridized carbons (Fsp3) is 0.500. The molecule has 0 aliphatic rings. The summed E-state index contributed by atoms with van der Waals surface area (Å²) in [6.45, 7) is 9.27. The van der Waals surface area contributed by atoms with Gasteiger partial charge in [-0.15, -0.1) is 0 Å². The molecule has 19 heavy (non-hydrogen) atoms. The molecular weight excluding hydrogens is 238 g/mol. The molecule has 3 heteroatoms. The van der Waals surface area contributed by atoms with Gasteiger partial charge < -0.3 is 14.8 Å². The molecule has 0 radical (unpaired) electrons. The number of hydrogen-bond acceptors (Lipinski definition) is 3. The molecule has 0 amide bonds. The van der Waals surface area contributed by atoms with Gasteiger partial charge in [-0.25, -0.2) is 0 Å². The minimum atomic E-state index is 0.251. The molecule has 106 valence electrons. The van der Waals surface area contributed by atoms with E-state index in [-0.39, 0.29) is 6.04 Å². The third kappa shape index (κ3) is 4.60. The molecule has 0 heterocycles. The Labute approximate surface area is 116 Å².